The van der Waals surface area contributed by atoms with Gasteiger partial charge in [-0.2, -0.15) is 0 Å². The molecule has 0 spiro atoms. The first kappa shape index (κ1) is 21.4. The molecular formula is C20H28ClN5O3. The Bertz CT molecular complexity index is 861. The van der Waals surface area contributed by atoms with Crippen molar-refractivity contribution >= 4 is 29.2 Å². The van der Waals surface area contributed by atoms with Crippen molar-refractivity contribution in [3.63, 3.8) is 0 Å². The van der Waals surface area contributed by atoms with Crippen molar-refractivity contribution < 1.29 is 14.3 Å². The van der Waals surface area contributed by atoms with Crippen molar-refractivity contribution in [2.24, 2.45) is 5.92 Å². The fraction of sp³-hybridized carbons (Fsp3) is 0.550. The summed E-state index contributed by atoms with van der Waals surface area (Å²) in [7, 11) is 1.30. The first-order valence-corrected chi connectivity index (χ1v) is 10.2. The highest BCUT2D eigenvalue weighted by Gasteiger charge is 2.29. The molecule has 0 radical (unpaired) electrons. The van der Waals surface area contributed by atoms with Gasteiger partial charge in [0.1, 0.15) is 11.7 Å². The Hall–Kier alpha value is -2.32. The second-order valence-electron chi connectivity index (χ2n) is 7.76. The molecule has 0 aromatic carbocycles. The van der Waals surface area contributed by atoms with Gasteiger partial charge in [-0.05, 0) is 24.5 Å². The normalized spacial score (nSPS) is 16.2. The minimum absolute atomic E-state index is 0.0499. The van der Waals surface area contributed by atoms with Crippen LogP contribution in [0.4, 0.5) is 4.79 Å². The average molecular weight is 422 g/mol. The number of amides is 2. The molecule has 9 heteroatoms. The van der Waals surface area contributed by atoms with Gasteiger partial charge in [0, 0.05) is 45.1 Å². The summed E-state index contributed by atoms with van der Waals surface area (Å²) in [4.78, 5) is 33.2. The van der Waals surface area contributed by atoms with Crippen LogP contribution >= 0.6 is 11.6 Å². The van der Waals surface area contributed by atoms with E-state index in [2.05, 4.69) is 19.9 Å². The van der Waals surface area contributed by atoms with E-state index >= 15 is 0 Å². The SMILES string of the molecule is COC(=O)NC(CC(C)C)C(=O)N1CCN(Cc2cn3cc(Cl)ccc3n2)CC1. The molecule has 0 aliphatic carbocycles. The van der Waals surface area contributed by atoms with Crippen LogP contribution in [0.2, 0.25) is 5.02 Å². The summed E-state index contributed by atoms with van der Waals surface area (Å²) in [5.41, 5.74) is 1.83. The van der Waals surface area contributed by atoms with Gasteiger partial charge >= 0.3 is 6.09 Å². The van der Waals surface area contributed by atoms with Crippen molar-refractivity contribution in [1.29, 1.82) is 0 Å². The van der Waals surface area contributed by atoms with E-state index in [-0.39, 0.29) is 11.8 Å². The standard InChI is InChI=1S/C20H28ClN5O3/c1-14(2)10-17(23-20(28)29-3)19(27)25-8-6-24(7-9-25)12-16-13-26-11-15(21)4-5-18(26)22-16/h4-5,11,13-14,17H,6-10,12H2,1-3H3,(H,23,28). The van der Waals surface area contributed by atoms with Gasteiger partial charge < -0.3 is 19.4 Å². The molecule has 3 heterocycles. The molecule has 2 aromatic rings. The number of ether oxygens (including phenoxy) is 1. The molecule has 29 heavy (non-hydrogen) atoms. The molecular weight excluding hydrogens is 394 g/mol. The Morgan fingerprint density at radius 3 is 2.59 bits per heavy atom. The molecule has 1 saturated heterocycles. The number of aromatic nitrogens is 2. The molecule has 2 amide bonds. The van der Waals surface area contributed by atoms with Crippen LogP contribution in [0, 0.1) is 5.92 Å². The lowest BCUT2D eigenvalue weighted by atomic mass is 10.0. The van der Waals surface area contributed by atoms with Gasteiger partial charge in [-0.25, -0.2) is 9.78 Å². The average Bonchev–Trinajstić information content (AvgIpc) is 3.08. The highest BCUT2D eigenvalue weighted by Crippen LogP contribution is 2.15. The lowest BCUT2D eigenvalue weighted by Gasteiger charge is -2.36. The topological polar surface area (TPSA) is 79.2 Å². The second kappa shape index (κ2) is 9.45. The van der Waals surface area contributed by atoms with E-state index < -0.39 is 12.1 Å². The molecule has 1 aliphatic rings. The van der Waals surface area contributed by atoms with Crippen molar-refractivity contribution in [3.05, 3.63) is 35.2 Å². The quantitative estimate of drug-likeness (QED) is 0.774. The third kappa shape index (κ3) is 5.61. The maximum absolute atomic E-state index is 12.9. The third-order valence-electron chi connectivity index (χ3n) is 5.02. The molecule has 1 N–H and O–H groups in total. The Balaban J connectivity index is 1.56. The van der Waals surface area contributed by atoms with Gasteiger partial charge in [-0.3, -0.25) is 9.69 Å². The highest BCUT2D eigenvalue weighted by molar-refractivity contribution is 6.30. The van der Waals surface area contributed by atoms with Crippen molar-refractivity contribution in [2.75, 3.05) is 33.3 Å². The number of alkyl carbamates (subject to hydrolysis) is 1. The number of hydrogen-bond donors (Lipinski definition) is 1. The van der Waals surface area contributed by atoms with E-state index in [1.807, 2.05) is 47.7 Å². The smallest absolute Gasteiger partial charge is 0.407 e. The number of imidazole rings is 1. The number of pyridine rings is 1. The molecule has 1 aliphatic heterocycles. The fourth-order valence-electron chi connectivity index (χ4n) is 3.56. The van der Waals surface area contributed by atoms with E-state index in [4.69, 9.17) is 11.6 Å². The first-order valence-electron chi connectivity index (χ1n) is 9.84. The summed E-state index contributed by atoms with van der Waals surface area (Å²) < 4.78 is 6.59. The number of methoxy groups -OCH3 is 1. The van der Waals surface area contributed by atoms with Crippen LogP contribution in [0.5, 0.6) is 0 Å². The van der Waals surface area contributed by atoms with Gasteiger partial charge in [-0.15, -0.1) is 0 Å². The molecule has 8 nitrogen and oxygen atoms in total. The van der Waals surface area contributed by atoms with Crippen LogP contribution < -0.4 is 5.32 Å². The lowest BCUT2D eigenvalue weighted by Crippen LogP contribution is -2.55. The van der Waals surface area contributed by atoms with E-state index in [0.717, 1.165) is 31.0 Å². The maximum atomic E-state index is 12.9. The Kier molecular flexibility index (Phi) is 6.97. The summed E-state index contributed by atoms with van der Waals surface area (Å²) >= 11 is 6.03. The second-order valence-corrected chi connectivity index (χ2v) is 8.20. The Labute approximate surface area is 175 Å². The zero-order valence-corrected chi connectivity index (χ0v) is 17.9. The van der Waals surface area contributed by atoms with Gasteiger partial charge in [0.15, 0.2) is 0 Å². The molecule has 1 fully saturated rings. The van der Waals surface area contributed by atoms with Crippen LogP contribution in [-0.4, -0.2) is 70.5 Å². The fourth-order valence-corrected chi connectivity index (χ4v) is 3.73. The number of hydrogen-bond acceptors (Lipinski definition) is 5. The molecule has 2 aromatic heterocycles. The van der Waals surface area contributed by atoms with Crippen LogP contribution in [0.15, 0.2) is 24.5 Å². The first-order chi connectivity index (χ1) is 13.9. The van der Waals surface area contributed by atoms with Crippen LogP contribution in [0.25, 0.3) is 5.65 Å². The van der Waals surface area contributed by atoms with Gasteiger partial charge in [0.25, 0.3) is 0 Å². The van der Waals surface area contributed by atoms with Crippen LogP contribution in [-0.2, 0) is 16.1 Å². The zero-order valence-electron chi connectivity index (χ0n) is 17.1. The largest absolute Gasteiger partial charge is 0.453 e. The molecule has 0 saturated carbocycles. The van der Waals surface area contributed by atoms with Gasteiger partial charge in [-0.1, -0.05) is 25.4 Å². The summed E-state index contributed by atoms with van der Waals surface area (Å²) in [5.74, 6) is 0.233. The van der Waals surface area contributed by atoms with Crippen molar-refractivity contribution in [2.45, 2.75) is 32.9 Å². The number of nitrogens with one attached hydrogen (secondary N) is 1. The maximum Gasteiger partial charge on any atom is 0.407 e. The number of halogens is 1. The number of rotatable bonds is 6. The Morgan fingerprint density at radius 1 is 1.21 bits per heavy atom. The summed E-state index contributed by atoms with van der Waals surface area (Å²) in [6.45, 7) is 7.53. The monoisotopic (exact) mass is 421 g/mol. The number of carbonyl (C=O) groups is 2. The predicted octanol–water partition coefficient (Wildman–Crippen LogP) is 2.40. The highest BCUT2D eigenvalue weighted by atomic mass is 35.5. The summed E-state index contributed by atoms with van der Waals surface area (Å²) in [6, 6.07) is 3.16. The van der Waals surface area contributed by atoms with Gasteiger partial charge in [0.05, 0.1) is 17.8 Å². The number of nitrogens with zero attached hydrogens (tertiary/aromatic N) is 4. The van der Waals surface area contributed by atoms with E-state index in [1.165, 1.54) is 7.11 Å². The molecule has 1 atom stereocenters. The molecule has 1 unspecified atom stereocenters. The van der Waals surface area contributed by atoms with Crippen LogP contribution in [0.1, 0.15) is 26.0 Å². The van der Waals surface area contributed by atoms with E-state index in [1.54, 1.807) is 0 Å². The predicted molar refractivity (Wildman–Crippen MR) is 111 cm³/mol. The third-order valence-corrected chi connectivity index (χ3v) is 5.24. The molecule has 0 bridgehead atoms. The number of fused-ring (bicyclic) bond motifs is 1. The number of carbonyl (C=O) groups excluding carboxylic acids is 2. The van der Waals surface area contributed by atoms with E-state index in [9.17, 15) is 9.59 Å². The van der Waals surface area contributed by atoms with Crippen LogP contribution in [0.3, 0.4) is 0 Å². The van der Waals surface area contributed by atoms with Crippen molar-refractivity contribution in [3.8, 4) is 0 Å². The summed E-state index contributed by atoms with van der Waals surface area (Å²) in [5, 5.41) is 3.35. The minimum atomic E-state index is -0.574. The number of piperazine rings is 1. The van der Waals surface area contributed by atoms with Crippen molar-refractivity contribution in [1.82, 2.24) is 24.5 Å². The molecule has 3 rings (SSSR count). The minimum Gasteiger partial charge on any atom is -0.453 e. The van der Waals surface area contributed by atoms with Gasteiger partial charge in [0.2, 0.25) is 5.91 Å². The lowest BCUT2D eigenvalue weighted by molar-refractivity contribution is -0.135. The van der Waals surface area contributed by atoms with E-state index in [0.29, 0.717) is 24.5 Å². The zero-order chi connectivity index (χ0) is 21.0. The Morgan fingerprint density at radius 2 is 1.93 bits per heavy atom. The summed E-state index contributed by atoms with van der Waals surface area (Å²) in [6.07, 6.45) is 3.83. The molecule has 158 valence electrons.